The second kappa shape index (κ2) is 8.48. The Bertz CT molecular complexity index is 109. The van der Waals surface area contributed by atoms with Crippen molar-refractivity contribution in [3.05, 3.63) is 0 Å². The van der Waals surface area contributed by atoms with Crippen molar-refractivity contribution < 1.29 is 4.74 Å². The van der Waals surface area contributed by atoms with Gasteiger partial charge in [-0.1, -0.05) is 6.92 Å². The smallest absolute Gasteiger partial charge is 0.0462 e. The summed E-state index contributed by atoms with van der Waals surface area (Å²) in [5.41, 5.74) is 5.55. The van der Waals surface area contributed by atoms with Crippen molar-refractivity contribution in [3.63, 3.8) is 0 Å². The summed E-state index contributed by atoms with van der Waals surface area (Å²) in [5.74, 6) is 0.604. The number of nitrogens with zero attached hydrogens (tertiary/aromatic N) is 1. The van der Waals surface area contributed by atoms with Gasteiger partial charge >= 0.3 is 0 Å². The second-order valence-corrected chi connectivity index (χ2v) is 3.80. The van der Waals surface area contributed by atoms with Crippen LogP contribution in [0.2, 0.25) is 0 Å². The quantitative estimate of drug-likeness (QED) is 0.576. The minimum atomic E-state index is 0.604. The molecule has 1 unspecified atom stereocenters. The summed E-state index contributed by atoms with van der Waals surface area (Å²) in [7, 11) is 3.90. The van der Waals surface area contributed by atoms with E-state index in [0.29, 0.717) is 5.92 Å². The SMILES string of the molecule is COCCCCN(C)CC(C)CN. The van der Waals surface area contributed by atoms with Gasteiger partial charge in [-0.2, -0.15) is 0 Å². The highest BCUT2D eigenvalue weighted by Gasteiger charge is 2.03. The van der Waals surface area contributed by atoms with Crippen molar-refractivity contribution in [3.8, 4) is 0 Å². The summed E-state index contributed by atoms with van der Waals surface area (Å²) < 4.78 is 4.99. The molecule has 0 spiro atoms. The van der Waals surface area contributed by atoms with Crippen LogP contribution in [-0.4, -0.2) is 45.3 Å². The fourth-order valence-corrected chi connectivity index (χ4v) is 1.33. The zero-order valence-electron chi connectivity index (χ0n) is 9.25. The number of methoxy groups -OCH3 is 1. The molecular weight excluding hydrogens is 164 g/mol. The molecule has 0 bridgehead atoms. The Morgan fingerprint density at radius 1 is 1.38 bits per heavy atom. The van der Waals surface area contributed by atoms with Crippen molar-refractivity contribution in [2.24, 2.45) is 11.7 Å². The average molecular weight is 188 g/mol. The van der Waals surface area contributed by atoms with E-state index in [9.17, 15) is 0 Å². The number of rotatable bonds is 8. The highest BCUT2D eigenvalue weighted by molar-refractivity contribution is 4.59. The van der Waals surface area contributed by atoms with Crippen molar-refractivity contribution in [1.29, 1.82) is 0 Å². The summed E-state index contributed by atoms with van der Waals surface area (Å²) >= 11 is 0. The van der Waals surface area contributed by atoms with E-state index in [1.165, 1.54) is 6.42 Å². The van der Waals surface area contributed by atoms with Crippen molar-refractivity contribution in [1.82, 2.24) is 4.90 Å². The first-order chi connectivity index (χ1) is 6.20. The molecule has 80 valence electrons. The van der Waals surface area contributed by atoms with Gasteiger partial charge in [-0.05, 0) is 38.9 Å². The van der Waals surface area contributed by atoms with Gasteiger partial charge in [0.2, 0.25) is 0 Å². The maximum absolute atomic E-state index is 5.55. The highest BCUT2D eigenvalue weighted by Crippen LogP contribution is 1.98. The second-order valence-electron chi connectivity index (χ2n) is 3.80. The van der Waals surface area contributed by atoms with Gasteiger partial charge < -0.3 is 15.4 Å². The lowest BCUT2D eigenvalue weighted by Gasteiger charge is -2.19. The molecule has 0 aliphatic heterocycles. The topological polar surface area (TPSA) is 38.5 Å². The van der Waals surface area contributed by atoms with E-state index < -0.39 is 0 Å². The number of hydrogen-bond donors (Lipinski definition) is 1. The van der Waals surface area contributed by atoms with E-state index in [-0.39, 0.29) is 0 Å². The maximum Gasteiger partial charge on any atom is 0.0462 e. The predicted octanol–water partition coefficient (Wildman–Crippen LogP) is 0.940. The van der Waals surface area contributed by atoms with Gasteiger partial charge in [-0.15, -0.1) is 0 Å². The normalized spacial score (nSPS) is 13.6. The predicted molar refractivity (Wildman–Crippen MR) is 56.8 cm³/mol. The molecule has 0 radical (unpaired) electrons. The molecule has 0 aromatic heterocycles. The summed E-state index contributed by atoms with van der Waals surface area (Å²) in [6, 6.07) is 0. The molecule has 0 aliphatic carbocycles. The van der Waals surface area contributed by atoms with Gasteiger partial charge in [0.15, 0.2) is 0 Å². The van der Waals surface area contributed by atoms with Crippen LogP contribution in [0.3, 0.4) is 0 Å². The first kappa shape index (κ1) is 12.9. The van der Waals surface area contributed by atoms with Crippen LogP contribution in [0.15, 0.2) is 0 Å². The molecule has 0 saturated heterocycles. The standard InChI is InChI=1S/C10H24N2O/c1-10(8-11)9-12(2)6-4-5-7-13-3/h10H,4-9,11H2,1-3H3. The highest BCUT2D eigenvalue weighted by atomic mass is 16.5. The van der Waals surface area contributed by atoms with Gasteiger partial charge in [-0.3, -0.25) is 0 Å². The molecule has 13 heavy (non-hydrogen) atoms. The van der Waals surface area contributed by atoms with Gasteiger partial charge in [0.05, 0.1) is 0 Å². The molecule has 0 amide bonds. The lowest BCUT2D eigenvalue weighted by atomic mass is 10.1. The van der Waals surface area contributed by atoms with Crippen molar-refractivity contribution >= 4 is 0 Å². The molecule has 0 fully saturated rings. The average Bonchev–Trinajstić information content (AvgIpc) is 2.12. The summed E-state index contributed by atoms with van der Waals surface area (Å²) in [6.07, 6.45) is 2.36. The Morgan fingerprint density at radius 2 is 2.08 bits per heavy atom. The third kappa shape index (κ3) is 8.22. The monoisotopic (exact) mass is 188 g/mol. The van der Waals surface area contributed by atoms with E-state index in [2.05, 4.69) is 18.9 Å². The Morgan fingerprint density at radius 3 is 2.62 bits per heavy atom. The van der Waals surface area contributed by atoms with Crippen molar-refractivity contribution in [2.75, 3.05) is 40.4 Å². The number of ether oxygens (including phenoxy) is 1. The lowest BCUT2D eigenvalue weighted by molar-refractivity contribution is 0.185. The minimum absolute atomic E-state index is 0.604. The molecule has 0 aromatic rings. The first-order valence-corrected chi connectivity index (χ1v) is 5.08. The molecule has 2 N–H and O–H groups in total. The van der Waals surface area contributed by atoms with E-state index >= 15 is 0 Å². The van der Waals surface area contributed by atoms with Crippen LogP contribution >= 0.6 is 0 Å². The molecule has 1 atom stereocenters. The van der Waals surface area contributed by atoms with Gasteiger partial charge in [-0.25, -0.2) is 0 Å². The van der Waals surface area contributed by atoms with E-state index in [1.807, 2.05) is 0 Å². The third-order valence-corrected chi connectivity index (χ3v) is 2.16. The number of nitrogens with two attached hydrogens (primary N) is 1. The molecule has 0 saturated carbocycles. The van der Waals surface area contributed by atoms with Gasteiger partial charge in [0, 0.05) is 20.3 Å². The van der Waals surface area contributed by atoms with Gasteiger partial charge in [0.1, 0.15) is 0 Å². The molecular formula is C10H24N2O. The molecule has 0 heterocycles. The van der Waals surface area contributed by atoms with E-state index in [1.54, 1.807) is 7.11 Å². The summed E-state index contributed by atoms with van der Waals surface area (Å²) in [6.45, 7) is 6.09. The van der Waals surface area contributed by atoms with Crippen LogP contribution in [0.25, 0.3) is 0 Å². The Balaban J connectivity index is 3.24. The van der Waals surface area contributed by atoms with Crippen LogP contribution in [0.4, 0.5) is 0 Å². The maximum atomic E-state index is 5.55. The van der Waals surface area contributed by atoms with Crippen LogP contribution in [-0.2, 0) is 4.74 Å². The summed E-state index contributed by atoms with van der Waals surface area (Å²) in [5, 5.41) is 0. The Kier molecular flexibility index (Phi) is 8.40. The zero-order valence-corrected chi connectivity index (χ0v) is 9.25. The number of hydrogen-bond acceptors (Lipinski definition) is 3. The largest absolute Gasteiger partial charge is 0.385 e. The van der Waals surface area contributed by atoms with Crippen molar-refractivity contribution in [2.45, 2.75) is 19.8 Å². The molecule has 3 heteroatoms. The molecule has 0 aromatic carbocycles. The molecule has 0 aliphatic rings. The molecule has 0 rings (SSSR count). The minimum Gasteiger partial charge on any atom is -0.385 e. The number of unbranched alkanes of at least 4 members (excludes halogenated alkanes) is 1. The third-order valence-electron chi connectivity index (χ3n) is 2.16. The Hall–Kier alpha value is -0.120. The summed E-state index contributed by atoms with van der Waals surface area (Å²) in [4.78, 5) is 2.34. The lowest BCUT2D eigenvalue weighted by Crippen LogP contribution is -2.29. The van der Waals surface area contributed by atoms with Crippen LogP contribution in [0, 0.1) is 5.92 Å². The van der Waals surface area contributed by atoms with Crippen LogP contribution < -0.4 is 5.73 Å². The first-order valence-electron chi connectivity index (χ1n) is 5.08. The van der Waals surface area contributed by atoms with E-state index in [4.69, 9.17) is 10.5 Å². The molecule has 3 nitrogen and oxygen atoms in total. The van der Waals surface area contributed by atoms with E-state index in [0.717, 1.165) is 32.7 Å². The van der Waals surface area contributed by atoms with Crippen LogP contribution in [0.1, 0.15) is 19.8 Å². The zero-order chi connectivity index (χ0) is 10.1. The van der Waals surface area contributed by atoms with Gasteiger partial charge in [0.25, 0.3) is 0 Å². The fraction of sp³-hybridized carbons (Fsp3) is 1.00. The van der Waals surface area contributed by atoms with Crippen LogP contribution in [0.5, 0.6) is 0 Å². The fourth-order valence-electron chi connectivity index (χ4n) is 1.33. The Labute approximate surface area is 82.2 Å².